The van der Waals surface area contributed by atoms with Gasteiger partial charge in [0.15, 0.2) is 0 Å². The summed E-state index contributed by atoms with van der Waals surface area (Å²) in [6, 6.07) is 2.06. The molecule has 98 valence electrons. The van der Waals surface area contributed by atoms with Gasteiger partial charge in [-0.25, -0.2) is 0 Å². The number of rotatable bonds is 2. The molecule has 0 bridgehead atoms. The van der Waals surface area contributed by atoms with E-state index in [1.54, 1.807) is 11.3 Å². The first-order valence-corrected chi connectivity index (χ1v) is 7.28. The molecule has 0 aromatic carbocycles. The number of amides is 1. The normalized spacial score (nSPS) is 30.2. The second kappa shape index (κ2) is 4.33. The first kappa shape index (κ1) is 12.1. The fourth-order valence-corrected chi connectivity index (χ4v) is 3.12. The van der Waals surface area contributed by atoms with E-state index in [1.807, 2.05) is 17.2 Å². The summed E-state index contributed by atoms with van der Waals surface area (Å²) < 4.78 is 5.92. The Labute approximate surface area is 111 Å². The largest absolute Gasteiger partial charge is 0.367 e. The Morgan fingerprint density at radius 1 is 1.56 bits per heavy atom. The van der Waals surface area contributed by atoms with Gasteiger partial charge in [-0.1, -0.05) is 0 Å². The van der Waals surface area contributed by atoms with Crippen LogP contribution < -0.4 is 5.73 Å². The topological polar surface area (TPSA) is 55.6 Å². The molecule has 2 heterocycles. The zero-order chi connectivity index (χ0) is 12.8. The quantitative estimate of drug-likeness (QED) is 0.883. The minimum atomic E-state index is -0.573. The molecule has 0 radical (unpaired) electrons. The number of ether oxygens (including phenoxy) is 1. The van der Waals surface area contributed by atoms with Gasteiger partial charge in [0.25, 0.3) is 0 Å². The lowest BCUT2D eigenvalue weighted by molar-refractivity contribution is -0.147. The van der Waals surface area contributed by atoms with E-state index in [1.165, 1.54) is 0 Å². The maximum absolute atomic E-state index is 12.3. The van der Waals surface area contributed by atoms with Crippen LogP contribution in [0.3, 0.4) is 0 Å². The van der Waals surface area contributed by atoms with E-state index in [4.69, 9.17) is 10.5 Å². The fraction of sp³-hybridized carbons (Fsp3) is 0.615. The van der Waals surface area contributed by atoms with E-state index in [0.717, 1.165) is 18.4 Å². The number of hydrogen-bond acceptors (Lipinski definition) is 4. The van der Waals surface area contributed by atoms with Crippen molar-refractivity contribution in [3.05, 3.63) is 22.4 Å². The zero-order valence-electron chi connectivity index (χ0n) is 10.5. The minimum Gasteiger partial charge on any atom is -0.367 e. The lowest BCUT2D eigenvalue weighted by Crippen LogP contribution is -2.52. The molecule has 0 unspecified atom stereocenters. The molecular formula is C13H18N2O2S. The molecule has 4 nitrogen and oxygen atoms in total. The maximum atomic E-state index is 12.3. The maximum Gasteiger partial charge on any atom is 0.242 e. The minimum absolute atomic E-state index is 0.00806. The van der Waals surface area contributed by atoms with Crippen molar-refractivity contribution in [3.8, 4) is 0 Å². The molecule has 5 heteroatoms. The van der Waals surface area contributed by atoms with Gasteiger partial charge in [-0.3, -0.25) is 4.79 Å². The first-order chi connectivity index (χ1) is 8.58. The van der Waals surface area contributed by atoms with Crippen LogP contribution in [0.1, 0.15) is 31.4 Å². The predicted octanol–water partition coefficient (Wildman–Crippen LogP) is 1.53. The summed E-state index contributed by atoms with van der Waals surface area (Å²) in [6.45, 7) is 3.28. The van der Waals surface area contributed by atoms with Crippen molar-refractivity contribution in [2.45, 2.75) is 37.5 Å². The highest BCUT2D eigenvalue weighted by atomic mass is 32.1. The second-order valence-corrected chi connectivity index (χ2v) is 6.14. The lowest BCUT2D eigenvalue weighted by atomic mass is 10.1. The van der Waals surface area contributed by atoms with Crippen molar-refractivity contribution in [3.63, 3.8) is 0 Å². The predicted molar refractivity (Wildman–Crippen MR) is 70.3 cm³/mol. The van der Waals surface area contributed by atoms with Gasteiger partial charge in [0, 0.05) is 6.54 Å². The van der Waals surface area contributed by atoms with Crippen LogP contribution in [0.2, 0.25) is 0 Å². The Balaban J connectivity index is 1.74. The summed E-state index contributed by atoms with van der Waals surface area (Å²) in [5, 5.41) is 4.12. The molecule has 2 atom stereocenters. The van der Waals surface area contributed by atoms with Gasteiger partial charge in [-0.2, -0.15) is 11.3 Å². The Morgan fingerprint density at radius 2 is 2.33 bits per heavy atom. The molecule has 2 N–H and O–H groups in total. The molecule has 1 saturated heterocycles. The molecule has 2 aliphatic rings. The summed E-state index contributed by atoms with van der Waals surface area (Å²) in [4.78, 5) is 14.2. The van der Waals surface area contributed by atoms with E-state index in [9.17, 15) is 4.79 Å². The third-order valence-electron chi connectivity index (χ3n) is 3.68. The van der Waals surface area contributed by atoms with Crippen LogP contribution in [-0.4, -0.2) is 35.5 Å². The molecule has 1 aliphatic carbocycles. The summed E-state index contributed by atoms with van der Waals surface area (Å²) in [7, 11) is 0. The van der Waals surface area contributed by atoms with Crippen molar-refractivity contribution in [2.24, 2.45) is 5.73 Å². The summed E-state index contributed by atoms with van der Waals surface area (Å²) in [5.41, 5.74) is 6.59. The molecule has 1 saturated carbocycles. The van der Waals surface area contributed by atoms with E-state index < -0.39 is 5.54 Å². The van der Waals surface area contributed by atoms with Crippen LogP contribution >= 0.6 is 11.3 Å². The highest BCUT2D eigenvalue weighted by Crippen LogP contribution is 2.36. The van der Waals surface area contributed by atoms with E-state index in [-0.39, 0.29) is 18.1 Å². The Hall–Kier alpha value is -0.910. The molecule has 1 aromatic rings. The Bertz CT molecular complexity index is 442. The number of morpholine rings is 1. The lowest BCUT2D eigenvalue weighted by Gasteiger charge is -2.37. The van der Waals surface area contributed by atoms with Crippen molar-refractivity contribution < 1.29 is 9.53 Å². The second-order valence-electron chi connectivity index (χ2n) is 5.36. The van der Waals surface area contributed by atoms with Crippen LogP contribution in [0, 0.1) is 0 Å². The Morgan fingerprint density at radius 3 is 2.94 bits per heavy atom. The molecular weight excluding hydrogens is 248 g/mol. The van der Waals surface area contributed by atoms with Gasteiger partial charge in [0.05, 0.1) is 18.2 Å². The summed E-state index contributed by atoms with van der Waals surface area (Å²) in [5.74, 6) is 0.0953. The number of nitrogens with zero attached hydrogens (tertiary/aromatic N) is 1. The van der Waals surface area contributed by atoms with E-state index in [2.05, 4.69) is 11.4 Å². The molecule has 1 aromatic heterocycles. The molecule has 18 heavy (non-hydrogen) atoms. The number of thiophene rings is 1. The van der Waals surface area contributed by atoms with Gasteiger partial charge in [-0.05, 0) is 42.2 Å². The molecule has 0 spiro atoms. The van der Waals surface area contributed by atoms with E-state index >= 15 is 0 Å². The van der Waals surface area contributed by atoms with Crippen molar-refractivity contribution in [1.82, 2.24) is 4.90 Å². The van der Waals surface area contributed by atoms with E-state index in [0.29, 0.717) is 13.1 Å². The molecule has 2 fully saturated rings. The SMILES string of the molecule is C[C@H]1CN(C(=O)C2(N)CC2)C[C@@H](c2ccsc2)O1. The highest BCUT2D eigenvalue weighted by molar-refractivity contribution is 7.07. The van der Waals surface area contributed by atoms with Crippen molar-refractivity contribution >= 4 is 17.2 Å². The highest BCUT2D eigenvalue weighted by Gasteiger charge is 2.49. The van der Waals surface area contributed by atoms with Gasteiger partial charge in [0.2, 0.25) is 5.91 Å². The van der Waals surface area contributed by atoms with Gasteiger partial charge < -0.3 is 15.4 Å². The molecule has 3 rings (SSSR count). The smallest absolute Gasteiger partial charge is 0.242 e. The number of hydrogen-bond donors (Lipinski definition) is 1. The third kappa shape index (κ3) is 2.18. The summed E-state index contributed by atoms with van der Waals surface area (Å²) >= 11 is 1.65. The monoisotopic (exact) mass is 266 g/mol. The van der Waals surface area contributed by atoms with Gasteiger partial charge in [0.1, 0.15) is 6.10 Å². The zero-order valence-corrected chi connectivity index (χ0v) is 11.3. The average Bonchev–Trinajstić information content (AvgIpc) is 2.91. The standard InChI is InChI=1S/C13H18N2O2S/c1-9-6-15(12(16)13(14)3-4-13)7-11(17-9)10-2-5-18-8-10/h2,5,8-9,11H,3-4,6-7,14H2,1H3/t9-,11-/m0/s1. The average molecular weight is 266 g/mol. The van der Waals surface area contributed by atoms with Crippen molar-refractivity contribution in [2.75, 3.05) is 13.1 Å². The third-order valence-corrected chi connectivity index (χ3v) is 4.38. The number of carbonyl (C=O) groups is 1. The van der Waals surface area contributed by atoms with Gasteiger partial charge >= 0.3 is 0 Å². The number of nitrogens with two attached hydrogens (primary N) is 1. The summed E-state index contributed by atoms with van der Waals surface area (Å²) in [6.07, 6.45) is 1.70. The van der Waals surface area contributed by atoms with Crippen LogP contribution in [0.25, 0.3) is 0 Å². The van der Waals surface area contributed by atoms with Crippen LogP contribution in [-0.2, 0) is 9.53 Å². The van der Waals surface area contributed by atoms with Crippen LogP contribution in [0.5, 0.6) is 0 Å². The number of carbonyl (C=O) groups excluding carboxylic acids is 1. The van der Waals surface area contributed by atoms with Gasteiger partial charge in [-0.15, -0.1) is 0 Å². The Kier molecular flexibility index (Phi) is 2.92. The molecule has 1 aliphatic heterocycles. The molecule has 1 amide bonds. The first-order valence-electron chi connectivity index (χ1n) is 6.34. The van der Waals surface area contributed by atoms with Crippen LogP contribution in [0.15, 0.2) is 16.8 Å². The van der Waals surface area contributed by atoms with Crippen LogP contribution in [0.4, 0.5) is 0 Å². The van der Waals surface area contributed by atoms with Crippen molar-refractivity contribution in [1.29, 1.82) is 0 Å². The fourth-order valence-electron chi connectivity index (χ4n) is 2.42.